The van der Waals surface area contributed by atoms with Gasteiger partial charge in [0.2, 0.25) is 17.6 Å². The number of carboxylic acid groups (broad SMARTS) is 1. The zero-order valence-corrected chi connectivity index (χ0v) is 31.3. The number of nitriles is 1. The van der Waals surface area contributed by atoms with Crippen molar-refractivity contribution in [2.75, 3.05) is 65.5 Å². The van der Waals surface area contributed by atoms with Gasteiger partial charge in [-0.1, -0.05) is 25.0 Å². The predicted octanol–water partition coefficient (Wildman–Crippen LogP) is 4.62. The van der Waals surface area contributed by atoms with Crippen LogP contribution in [0.25, 0.3) is 10.9 Å². The summed E-state index contributed by atoms with van der Waals surface area (Å²) >= 11 is 0. The van der Waals surface area contributed by atoms with Crippen molar-refractivity contribution in [3.05, 3.63) is 53.1 Å². The first kappa shape index (κ1) is 39.6. The van der Waals surface area contributed by atoms with Crippen molar-refractivity contribution in [2.24, 2.45) is 11.8 Å². The summed E-state index contributed by atoms with van der Waals surface area (Å²) in [5, 5.41) is 20.7. The molecular formula is C40H50N6O8. The van der Waals surface area contributed by atoms with Crippen LogP contribution in [0.3, 0.4) is 0 Å². The van der Waals surface area contributed by atoms with E-state index in [0.29, 0.717) is 59.1 Å². The van der Waals surface area contributed by atoms with Gasteiger partial charge in [-0.3, -0.25) is 19.2 Å². The van der Waals surface area contributed by atoms with Crippen molar-refractivity contribution < 1.29 is 38.5 Å². The maximum absolute atomic E-state index is 14.5. The molecule has 14 heteroatoms. The van der Waals surface area contributed by atoms with Crippen molar-refractivity contribution in [1.82, 2.24) is 20.1 Å². The molecule has 2 aromatic carbocycles. The third kappa shape index (κ3) is 9.31. The molecule has 1 saturated carbocycles. The van der Waals surface area contributed by atoms with Crippen LogP contribution in [0, 0.1) is 23.2 Å². The molecule has 3 heterocycles. The van der Waals surface area contributed by atoms with E-state index in [1.54, 1.807) is 55.4 Å². The van der Waals surface area contributed by atoms with Crippen LogP contribution >= 0.6 is 0 Å². The van der Waals surface area contributed by atoms with Gasteiger partial charge in [-0.2, -0.15) is 5.26 Å². The lowest BCUT2D eigenvalue weighted by Crippen LogP contribution is -2.43. The van der Waals surface area contributed by atoms with Gasteiger partial charge in [0.05, 0.1) is 44.0 Å². The van der Waals surface area contributed by atoms with Crippen molar-refractivity contribution >= 4 is 40.9 Å². The minimum atomic E-state index is -0.320. The first-order valence-electron chi connectivity index (χ1n) is 18.5. The summed E-state index contributed by atoms with van der Waals surface area (Å²) < 4.78 is 17.2. The number of carbonyl (C=O) groups is 4. The molecule has 1 aromatic heterocycles. The van der Waals surface area contributed by atoms with Crippen molar-refractivity contribution in [1.29, 1.82) is 5.26 Å². The van der Waals surface area contributed by atoms with Crippen LogP contribution in [-0.2, 0) is 20.9 Å². The highest BCUT2D eigenvalue weighted by atomic mass is 16.5. The number of anilines is 1. The molecule has 1 atom stereocenters. The molecule has 54 heavy (non-hydrogen) atoms. The topological polar surface area (TPSA) is 175 Å². The molecule has 3 aromatic rings. The number of piperidine rings is 1. The van der Waals surface area contributed by atoms with E-state index >= 15 is 0 Å². The lowest BCUT2D eigenvalue weighted by Gasteiger charge is -2.36. The second-order valence-corrected chi connectivity index (χ2v) is 13.9. The molecule has 0 spiro atoms. The minimum absolute atomic E-state index is 0.00430. The van der Waals surface area contributed by atoms with Crippen LogP contribution in [0.5, 0.6) is 17.2 Å². The number of methoxy groups -OCH3 is 3. The van der Waals surface area contributed by atoms with Gasteiger partial charge in [0.25, 0.3) is 12.4 Å². The fraction of sp³-hybridized carbons (Fsp3) is 0.500. The van der Waals surface area contributed by atoms with Crippen LogP contribution in [-0.4, -0.2) is 105 Å². The van der Waals surface area contributed by atoms with Gasteiger partial charge < -0.3 is 39.3 Å². The van der Waals surface area contributed by atoms with Crippen LogP contribution in [0.4, 0.5) is 5.82 Å². The second kappa shape index (κ2) is 19.0. The van der Waals surface area contributed by atoms with E-state index < -0.39 is 0 Å². The Hall–Kier alpha value is -5.58. The largest absolute Gasteiger partial charge is 0.493 e. The zero-order chi connectivity index (χ0) is 38.6. The van der Waals surface area contributed by atoms with Crippen molar-refractivity contribution in [3.8, 4) is 23.3 Å². The van der Waals surface area contributed by atoms with E-state index in [4.69, 9.17) is 29.1 Å². The van der Waals surface area contributed by atoms with Gasteiger partial charge in [0, 0.05) is 75.7 Å². The molecule has 2 fully saturated rings. The van der Waals surface area contributed by atoms with Crippen LogP contribution in [0.15, 0.2) is 36.4 Å². The molecule has 14 nitrogen and oxygen atoms in total. The normalized spacial score (nSPS) is 18.1. The Bertz CT molecular complexity index is 1860. The SMILES string of the molecule is COc1cc2nc3c(cc2c(OC)c1OC)CN(C(=O)c1ccccc1C#N)CCN(C(=O)CC1CCCC1)CCC(=O)NCC1CCCN3C1.O=CO. The summed E-state index contributed by atoms with van der Waals surface area (Å²) in [6, 6.07) is 12.8. The van der Waals surface area contributed by atoms with Crippen molar-refractivity contribution in [3.63, 3.8) is 0 Å². The molecule has 2 bridgehead atoms. The maximum Gasteiger partial charge on any atom is 0.290 e. The van der Waals surface area contributed by atoms with Gasteiger partial charge in [-0.15, -0.1) is 0 Å². The summed E-state index contributed by atoms with van der Waals surface area (Å²) in [4.78, 5) is 60.6. The summed E-state index contributed by atoms with van der Waals surface area (Å²) in [6.07, 6.45) is 6.82. The van der Waals surface area contributed by atoms with Crippen molar-refractivity contribution in [2.45, 2.75) is 57.9 Å². The van der Waals surface area contributed by atoms with E-state index in [1.165, 1.54) is 0 Å². The number of carbonyl (C=O) groups excluding carboxylic acids is 3. The lowest BCUT2D eigenvalue weighted by atomic mass is 9.97. The predicted molar refractivity (Wildman–Crippen MR) is 202 cm³/mol. The van der Waals surface area contributed by atoms with E-state index in [-0.39, 0.29) is 68.3 Å². The Labute approximate surface area is 316 Å². The first-order chi connectivity index (χ1) is 26.2. The number of fused-ring (bicyclic) bond motifs is 5. The van der Waals surface area contributed by atoms with E-state index in [2.05, 4.69) is 16.3 Å². The monoisotopic (exact) mass is 742 g/mol. The summed E-state index contributed by atoms with van der Waals surface area (Å²) in [5.74, 6) is 2.24. The highest BCUT2D eigenvalue weighted by Gasteiger charge is 2.30. The Balaban J connectivity index is 0.00000181. The second-order valence-electron chi connectivity index (χ2n) is 13.9. The average molecular weight is 743 g/mol. The Morgan fingerprint density at radius 2 is 1.70 bits per heavy atom. The molecule has 1 unspecified atom stereocenters. The molecule has 288 valence electrons. The Morgan fingerprint density at radius 1 is 0.981 bits per heavy atom. The van der Waals surface area contributed by atoms with Crippen LogP contribution < -0.4 is 24.4 Å². The summed E-state index contributed by atoms with van der Waals surface area (Å²) in [5.41, 5.74) is 2.00. The Kier molecular flexibility index (Phi) is 13.9. The number of ether oxygens (including phenoxy) is 3. The first-order valence-corrected chi connectivity index (χ1v) is 18.5. The molecule has 3 amide bonds. The maximum atomic E-state index is 14.5. The smallest absolute Gasteiger partial charge is 0.290 e. The standard InChI is InChI=1S/C39H48N6O6.CH2O2/c1-49-33-21-32-31(36(50-2)37(33)51-3)20-29-25-45(39(48)30-13-7-6-12-28(30)22-40)18-17-43(35(47)19-26-9-4-5-10-26)16-14-34(46)41-23-27-11-8-15-44(24-27)38(29)42-32;2-1-3/h6-7,12-13,20-21,26-27H,4-5,8-11,14-19,23-25H2,1-3H3,(H,41,46);1H,(H,2,3). The molecule has 1 saturated heterocycles. The van der Waals surface area contributed by atoms with E-state index in [0.717, 1.165) is 56.5 Å². The van der Waals surface area contributed by atoms with Gasteiger partial charge in [-0.25, -0.2) is 4.98 Å². The fourth-order valence-electron chi connectivity index (χ4n) is 7.81. The average Bonchev–Trinajstić information content (AvgIpc) is 3.71. The number of pyridine rings is 1. The van der Waals surface area contributed by atoms with Gasteiger partial charge >= 0.3 is 0 Å². The number of hydrogen-bond acceptors (Lipinski definition) is 10. The molecule has 2 N–H and O–H groups in total. The number of nitrogens with one attached hydrogen (secondary N) is 1. The molecular weight excluding hydrogens is 692 g/mol. The quantitative estimate of drug-likeness (QED) is 0.337. The van der Waals surface area contributed by atoms with Gasteiger partial charge in [0.1, 0.15) is 5.82 Å². The third-order valence-electron chi connectivity index (χ3n) is 10.6. The molecule has 2 aliphatic heterocycles. The lowest BCUT2D eigenvalue weighted by molar-refractivity contribution is -0.133. The molecule has 1 aliphatic carbocycles. The fourth-order valence-corrected chi connectivity index (χ4v) is 7.81. The number of nitrogens with zero attached hydrogens (tertiary/aromatic N) is 5. The van der Waals surface area contributed by atoms with Gasteiger partial charge in [0.15, 0.2) is 11.5 Å². The number of rotatable bonds is 6. The Morgan fingerprint density at radius 3 is 2.41 bits per heavy atom. The molecule has 0 radical (unpaired) electrons. The minimum Gasteiger partial charge on any atom is -0.493 e. The highest BCUT2D eigenvalue weighted by molar-refractivity contribution is 5.97. The van der Waals surface area contributed by atoms with Gasteiger partial charge in [-0.05, 0) is 55.7 Å². The number of benzene rings is 2. The summed E-state index contributed by atoms with van der Waals surface area (Å²) in [6.45, 7) is 2.59. The van der Waals surface area contributed by atoms with Crippen LogP contribution in [0.1, 0.15) is 72.9 Å². The molecule has 3 aliphatic rings. The van der Waals surface area contributed by atoms with Crippen LogP contribution in [0.2, 0.25) is 0 Å². The summed E-state index contributed by atoms with van der Waals surface area (Å²) in [7, 11) is 4.70. The highest BCUT2D eigenvalue weighted by Crippen LogP contribution is 2.44. The van der Waals surface area contributed by atoms with E-state index in [1.807, 2.05) is 12.1 Å². The zero-order valence-electron chi connectivity index (χ0n) is 31.3. The third-order valence-corrected chi connectivity index (χ3v) is 10.6. The number of aromatic nitrogens is 1. The number of amides is 3. The number of hydrogen-bond donors (Lipinski definition) is 2. The molecule has 6 rings (SSSR count). The van der Waals surface area contributed by atoms with E-state index in [9.17, 15) is 19.6 Å².